The average Bonchev–Trinajstić information content (AvgIpc) is 3.21. The van der Waals surface area contributed by atoms with Gasteiger partial charge in [0.25, 0.3) is 12.0 Å². The molecule has 174 valence electrons. The van der Waals surface area contributed by atoms with Gasteiger partial charge in [0, 0.05) is 25.9 Å². The summed E-state index contributed by atoms with van der Waals surface area (Å²) in [4.78, 5) is 37.5. The van der Waals surface area contributed by atoms with Crippen LogP contribution in [0.4, 0.5) is 0 Å². The number of aromatic nitrogens is 6. The molecule has 0 spiro atoms. The Balaban J connectivity index is -0.000000228. The minimum atomic E-state index is -0.181. The standard InChI is InChI=1S/C10H11ClN4OS.C5H6Cl2N2.CH2O3.CH4.2K.H/c1-6-3-9(16)14-10(13-6)17-5-8-12-4-7(11)15(8)2;1-9-4(7)3-8-5(9)2-6;2-1-4-3;;;;/h3-4H,5H2,1-2H3,(H,13,14,16);3H,2H2,1H3;1,3H;1H4;;;/q;;;;2*+1;-1/p-1. The zero-order valence-electron chi connectivity index (χ0n) is 19.1. The molecule has 0 aliphatic heterocycles. The molecule has 0 amide bonds. The maximum absolute atomic E-state index is 11.2. The van der Waals surface area contributed by atoms with Crippen LogP contribution in [-0.2, 0) is 35.4 Å². The minimum absolute atomic E-state index is 0. The van der Waals surface area contributed by atoms with Crippen molar-refractivity contribution in [1.29, 1.82) is 0 Å². The number of thioether (sulfide) groups is 1. The molecule has 3 heterocycles. The van der Waals surface area contributed by atoms with Crippen molar-refractivity contribution in [3.63, 3.8) is 0 Å². The number of aryl methyl sites for hydroxylation is 1. The predicted molar refractivity (Wildman–Crippen MR) is 120 cm³/mol. The fourth-order valence-electron chi connectivity index (χ4n) is 1.86. The van der Waals surface area contributed by atoms with E-state index in [1.54, 1.807) is 28.5 Å². The van der Waals surface area contributed by atoms with Crippen molar-refractivity contribution in [3.8, 4) is 0 Å². The first-order chi connectivity index (χ1) is 14.2. The molecule has 0 aromatic carbocycles. The molecule has 33 heavy (non-hydrogen) atoms. The van der Waals surface area contributed by atoms with Gasteiger partial charge in [-0.15, -0.1) is 11.6 Å². The summed E-state index contributed by atoms with van der Waals surface area (Å²) in [6, 6.07) is 1.46. The molecule has 0 aliphatic rings. The van der Waals surface area contributed by atoms with E-state index < -0.39 is 0 Å². The largest absolute Gasteiger partial charge is 1.00 e. The summed E-state index contributed by atoms with van der Waals surface area (Å²) >= 11 is 18.5. The summed E-state index contributed by atoms with van der Waals surface area (Å²) in [5.74, 6) is 2.64. The Morgan fingerprint density at radius 2 is 1.67 bits per heavy atom. The molecular formula is C17H23Cl3K2N6O4S. The van der Waals surface area contributed by atoms with Gasteiger partial charge in [-0.2, -0.15) is 0 Å². The van der Waals surface area contributed by atoms with Gasteiger partial charge in [-0.3, -0.25) is 9.59 Å². The molecule has 16 heteroatoms. The Morgan fingerprint density at radius 3 is 2.00 bits per heavy atom. The van der Waals surface area contributed by atoms with Crippen molar-refractivity contribution in [2.75, 3.05) is 0 Å². The van der Waals surface area contributed by atoms with E-state index in [2.05, 4.69) is 24.8 Å². The quantitative estimate of drug-likeness (QED) is 0.0623. The van der Waals surface area contributed by atoms with Crippen LogP contribution in [0, 0.1) is 6.92 Å². The fraction of sp³-hybridized carbons (Fsp3) is 0.353. The van der Waals surface area contributed by atoms with E-state index in [4.69, 9.17) is 44.9 Å². The SMILES string of the molecule is C.Cc1cc(=O)[nH]c(SCc2ncc(Cl)n2C)n1.Cn1c(Cl)cnc1CCl.O=CO[O-].[H-].[K+].[K+]. The van der Waals surface area contributed by atoms with Crippen LogP contribution in [-0.4, -0.2) is 35.5 Å². The first kappa shape index (κ1) is 38.7. The smallest absolute Gasteiger partial charge is 1.00 e. The van der Waals surface area contributed by atoms with Crippen LogP contribution in [0.1, 0.15) is 26.2 Å². The number of aromatic amines is 1. The third-order valence-corrected chi connectivity index (χ3v) is 5.21. The number of alkyl halides is 1. The Labute approximate surface area is 297 Å². The van der Waals surface area contributed by atoms with Crippen LogP contribution in [0.25, 0.3) is 0 Å². The minimum Gasteiger partial charge on any atom is -1.00 e. The molecule has 0 unspecified atom stereocenters. The van der Waals surface area contributed by atoms with Crippen molar-refractivity contribution in [3.05, 3.63) is 56.5 Å². The summed E-state index contributed by atoms with van der Waals surface area (Å²) in [6.07, 6.45) is 3.18. The van der Waals surface area contributed by atoms with Gasteiger partial charge in [-0.25, -0.2) is 15.0 Å². The zero-order chi connectivity index (χ0) is 22.7. The van der Waals surface area contributed by atoms with Gasteiger partial charge >= 0.3 is 103 Å². The van der Waals surface area contributed by atoms with E-state index in [0.29, 0.717) is 32.8 Å². The van der Waals surface area contributed by atoms with Crippen molar-refractivity contribution >= 4 is 53.0 Å². The van der Waals surface area contributed by atoms with E-state index >= 15 is 0 Å². The number of halogens is 3. The fourth-order valence-corrected chi connectivity index (χ4v) is 3.32. The molecule has 0 atom stereocenters. The number of hydrogen-bond acceptors (Lipinski definition) is 8. The number of H-pyrrole nitrogens is 1. The van der Waals surface area contributed by atoms with Crippen LogP contribution >= 0.6 is 46.6 Å². The summed E-state index contributed by atoms with van der Waals surface area (Å²) < 4.78 is 3.54. The molecule has 3 aromatic rings. The van der Waals surface area contributed by atoms with Crippen molar-refractivity contribution in [1.82, 2.24) is 29.1 Å². The van der Waals surface area contributed by atoms with Crippen LogP contribution in [0.2, 0.25) is 10.3 Å². The molecule has 0 saturated carbocycles. The van der Waals surface area contributed by atoms with Crippen LogP contribution in [0.15, 0.2) is 28.4 Å². The van der Waals surface area contributed by atoms with E-state index in [1.807, 2.05) is 14.1 Å². The second kappa shape index (κ2) is 21.3. The maximum atomic E-state index is 11.2. The third kappa shape index (κ3) is 14.5. The van der Waals surface area contributed by atoms with Gasteiger partial charge in [0.1, 0.15) is 22.0 Å². The average molecular weight is 592 g/mol. The van der Waals surface area contributed by atoms with Gasteiger partial charge in [0.15, 0.2) is 5.16 Å². The summed E-state index contributed by atoms with van der Waals surface area (Å²) in [5, 5.41) is 10.2. The normalized spacial score (nSPS) is 8.94. The molecule has 0 aliphatic carbocycles. The number of hydrogen-bond donors (Lipinski definition) is 1. The van der Waals surface area contributed by atoms with Gasteiger partial charge in [-0.05, 0) is 6.92 Å². The molecule has 3 rings (SSSR count). The molecule has 10 nitrogen and oxygen atoms in total. The first-order valence-electron chi connectivity index (χ1n) is 8.04. The Hall–Kier alpha value is 1.22. The van der Waals surface area contributed by atoms with E-state index in [-0.39, 0.29) is 124 Å². The second-order valence-electron chi connectivity index (χ2n) is 5.42. The van der Waals surface area contributed by atoms with E-state index in [1.165, 1.54) is 17.8 Å². The molecule has 0 fully saturated rings. The van der Waals surface area contributed by atoms with Crippen molar-refractivity contribution < 1.29 is 119 Å². The molecular weight excluding hydrogens is 569 g/mol. The van der Waals surface area contributed by atoms with Crippen molar-refractivity contribution in [2.45, 2.75) is 31.1 Å². The molecule has 1 N–H and O–H groups in total. The Kier molecular flexibility index (Phi) is 25.0. The molecule has 0 radical (unpaired) electrons. The number of rotatable bonds is 5. The van der Waals surface area contributed by atoms with Gasteiger partial charge in [0.2, 0.25) is 0 Å². The number of carbonyl (C=O) groups excluding carboxylic acids is 1. The monoisotopic (exact) mass is 590 g/mol. The summed E-state index contributed by atoms with van der Waals surface area (Å²) in [6.45, 7) is 1.61. The number of imidazole rings is 2. The maximum Gasteiger partial charge on any atom is 1.00 e. The predicted octanol–water partition coefficient (Wildman–Crippen LogP) is -3.24. The van der Waals surface area contributed by atoms with Gasteiger partial charge in [0.05, 0.1) is 24.0 Å². The molecule has 0 bridgehead atoms. The summed E-state index contributed by atoms with van der Waals surface area (Å²) in [7, 11) is 3.67. The Morgan fingerprint density at radius 1 is 1.18 bits per heavy atom. The van der Waals surface area contributed by atoms with Crippen LogP contribution in [0.5, 0.6) is 0 Å². The van der Waals surface area contributed by atoms with Crippen LogP contribution < -0.4 is 114 Å². The topological polar surface area (TPSA) is 131 Å². The van der Waals surface area contributed by atoms with Crippen LogP contribution in [0.3, 0.4) is 0 Å². The van der Waals surface area contributed by atoms with Gasteiger partial charge in [-0.1, -0.05) is 42.4 Å². The van der Waals surface area contributed by atoms with E-state index in [9.17, 15) is 4.79 Å². The zero-order valence-corrected chi connectivity index (χ0v) is 27.5. The Bertz CT molecular complexity index is 1030. The second-order valence-corrected chi connectivity index (χ2v) is 7.42. The number of nitrogens with one attached hydrogen (secondary N) is 1. The van der Waals surface area contributed by atoms with Crippen molar-refractivity contribution in [2.24, 2.45) is 14.1 Å². The number of nitrogens with zero attached hydrogens (tertiary/aromatic N) is 5. The summed E-state index contributed by atoms with van der Waals surface area (Å²) in [5.41, 5.74) is 0.562. The van der Waals surface area contributed by atoms with E-state index in [0.717, 1.165) is 11.6 Å². The number of carbonyl (C=O) groups is 1. The molecule has 0 saturated heterocycles. The van der Waals surface area contributed by atoms with Gasteiger partial charge < -0.3 is 25.7 Å². The first-order valence-corrected chi connectivity index (χ1v) is 10.3. The third-order valence-electron chi connectivity index (χ3n) is 3.40. The molecule has 3 aromatic heterocycles.